The van der Waals surface area contributed by atoms with E-state index in [1.54, 1.807) is 6.08 Å². The van der Waals surface area contributed by atoms with Crippen molar-refractivity contribution >= 4 is 34.1 Å². The fourth-order valence-electron chi connectivity index (χ4n) is 2.28. The molecule has 2 N–H and O–H groups in total. The van der Waals surface area contributed by atoms with Gasteiger partial charge in [-0.1, -0.05) is 72.9 Å². The summed E-state index contributed by atoms with van der Waals surface area (Å²) in [4.78, 5) is 12.6. The topological polar surface area (TPSA) is 66.9 Å². The molecule has 25 heavy (non-hydrogen) atoms. The summed E-state index contributed by atoms with van der Waals surface area (Å²) >= 11 is 2.87. The minimum atomic E-state index is -0.233. The molecule has 1 amide bonds. The number of aromatic nitrogens is 2. The van der Waals surface area contributed by atoms with Gasteiger partial charge in [-0.15, -0.1) is 16.8 Å². The van der Waals surface area contributed by atoms with E-state index < -0.39 is 0 Å². The van der Waals surface area contributed by atoms with Crippen LogP contribution in [0.25, 0.3) is 0 Å². The van der Waals surface area contributed by atoms with Crippen molar-refractivity contribution in [3.05, 3.63) is 48.6 Å². The first kappa shape index (κ1) is 19.5. The van der Waals surface area contributed by atoms with Crippen molar-refractivity contribution in [1.82, 2.24) is 15.5 Å². The lowest BCUT2D eigenvalue weighted by Crippen LogP contribution is -2.34. The number of nitrogens with one attached hydrogen (secondary N) is 2. The molecule has 7 heteroatoms. The summed E-state index contributed by atoms with van der Waals surface area (Å²) < 4.78 is 0.779. The second kappa shape index (κ2) is 10.2. The standard InChI is InChI=1S/C18H24N4OS2/c1-4-9-15(14-10-7-6-8-11-14)20-16(23)13(3)24-18-22-21-17(25-18)19-12-5-2/h5-8,10-11,13,15H,2,4,9,12H2,1,3H3,(H,19,21)(H,20,23)/t13-,15+/m1/s1. The summed E-state index contributed by atoms with van der Waals surface area (Å²) in [6, 6.07) is 10.1. The van der Waals surface area contributed by atoms with Crippen molar-refractivity contribution in [2.24, 2.45) is 0 Å². The van der Waals surface area contributed by atoms with E-state index in [4.69, 9.17) is 0 Å². The molecule has 1 aromatic heterocycles. The highest BCUT2D eigenvalue weighted by atomic mass is 32.2. The number of anilines is 1. The van der Waals surface area contributed by atoms with Gasteiger partial charge in [-0.25, -0.2) is 0 Å². The number of thioether (sulfide) groups is 1. The number of carbonyl (C=O) groups excluding carboxylic acids is 1. The van der Waals surface area contributed by atoms with Gasteiger partial charge in [0.1, 0.15) is 0 Å². The highest BCUT2D eigenvalue weighted by Crippen LogP contribution is 2.29. The van der Waals surface area contributed by atoms with Crippen molar-refractivity contribution in [3.8, 4) is 0 Å². The predicted molar refractivity (Wildman–Crippen MR) is 106 cm³/mol. The minimum absolute atomic E-state index is 0.0168. The lowest BCUT2D eigenvalue weighted by atomic mass is 10.0. The SMILES string of the molecule is C=CCNc1nnc(S[C@H](C)C(=O)N[C@@H](CCC)c2ccccc2)s1. The Morgan fingerprint density at radius 3 is 2.80 bits per heavy atom. The van der Waals surface area contributed by atoms with Gasteiger partial charge in [-0.05, 0) is 18.9 Å². The van der Waals surface area contributed by atoms with E-state index in [2.05, 4.69) is 46.5 Å². The van der Waals surface area contributed by atoms with Crippen LogP contribution in [0.15, 0.2) is 47.3 Å². The van der Waals surface area contributed by atoms with Crippen molar-refractivity contribution in [3.63, 3.8) is 0 Å². The van der Waals surface area contributed by atoms with Gasteiger partial charge in [0.25, 0.3) is 0 Å². The van der Waals surface area contributed by atoms with Crippen LogP contribution in [0, 0.1) is 0 Å². The van der Waals surface area contributed by atoms with E-state index >= 15 is 0 Å². The highest BCUT2D eigenvalue weighted by molar-refractivity contribution is 8.02. The molecule has 0 unspecified atom stereocenters. The van der Waals surface area contributed by atoms with Gasteiger partial charge >= 0.3 is 0 Å². The minimum Gasteiger partial charge on any atom is -0.357 e. The molecule has 0 fully saturated rings. The average molecular weight is 377 g/mol. The molecule has 134 valence electrons. The lowest BCUT2D eigenvalue weighted by molar-refractivity contribution is -0.121. The zero-order valence-corrected chi connectivity index (χ0v) is 16.2. The molecule has 0 spiro atoms. The smallest absolute Gasteiger partial charge is 0.233 e. The largest absolute Gasteiger partial charge is 0.357 e. The molecule has 0 aliphatic carbocycles. The Morgan fingerprint density at radius 1 is 1.36 bits per heavy atom. The normalized spacial score (nSPS) is 13.0. The maximum Gasteiger partial charge on any atom is 0.233 e. The van der Waals surface area contributed by atoms with Crippen molar-refractivity contribution in [2.75, 3.05) is 11.9 Å². The van der Waals surface area contributed by atoms with Crippen LogP contribution in [0.1, 0.15) is 38.3 Å². The van der Waals surface area contributed by atoms with Crippen molar-refractivity contribution in [2.45, 2.75) is 42.3 Å². The number of carbonyl (C=O) groups is 1. The van der Waals surface area contributed by atoms with Crippen LogP contribution in [-0.4, -0.2) is 27.9 Å². The maximum absolute atomic E-state index is 12.6. The van der Waals surface area contributed by atoms with Crippen molar-refractivity contribution < 1.29 is 4.79 Å². The summed E-state index contributed by atoms with van der Waals surface area (Å²) in [5.41, 5.74) is 1.14. The Kier molecular flexibility index (Phi) is 7.94. The first-order valence-electron chi connectivity index (χ1n) is 8.34. The van der Waals surface area contributed by atoms with E-state index in [-0.39, 0.29) is 17.2 Å². The molecule has 0 bridgehead atoms. The first-order valence-corrected chi connectivity index (χ1v) is 10.0. The highest BCUT2D eigenvalue weighted by Gasteiger charge is 2.21. The third kappa shape index (κ3) is 6.17. The second-order valence-electron chi connectivity index (χ2n) is 5.56. The molecule has 0 aliphatic heterocycles. The summed E-state index contributed by atoms with van der Waals surface area (Å²) in [6.45, 7) is 8.32. The van der Waals surface area contributed by atoms with Gasteiger partial charge in [0.15, 0.2) is 4.34 Å². The molecule has 0 saturated heterocycles. The Balaban J connectivity index is 1.93. The average Bonchev–Trinajstić information content (AvgIpc) is 3.07. The number of hydrogen-bond donors (Lipinski definition) is 2. The molecular formula is C18H24N4OS2. The Morgan fingerprint density at radius 2 is 2.12 bits per heavy atom. The van der Waals surface area contributed by atoms with Gasteiger partial charge in [0.05, 0.1) is 11.3 Å². The molecule has 5 nitrogen and oxygen atoms in total. The number of hydrogen-bond acceptors (Lipinski definition) is 6. The third-order valence-electron chi connectivity index (χ3n) is 3.55. The third-order valence-corrected chi connectivity index (χ3v) is 5.61. The molecule has 0 radical (unpaired) electrons. The van der Waals surface area contributed by atoms with Gasteiger partial charge in [-0.2, -0.15) is 0 Å². The van der Waals surface area contributed by atoms with E-state index in [1.165, 1.54) is 23.1 Å². The second-order valence-corrected chi connectivity index (χ2v) is 8.13. The van der Waals surface area contributed by atoms with Crippen LogP contribution in [0.3, 0.4) is 0 Å². The number of nitrogens with zero attached hydrogens (tertiary/aromatic N) is 2. The Hall–Kier alpha value is -1.86. The summed E-state index contributed by atoms with van der Waals surface area (Å²) in [7, 11) is 0. The lowest BCUT2D eigenvalue weighted by Gasteiger charge is -2.20. The summed E-state index contributed by atoms with van der Waals surface area (Å²) in [6.07, 6.45) is 3.69. The Bertz CT molecular complexity index is 675. The quantitative estimate of drug-likeness (QED) is 0.479. The predicted octanol–water partition coefficient (Wildman–Crippen LogP) is 4.27. The van der Waals surface area contributed by atoms with Crippen LogP contribution in [-0.2, 0) is 4.79 Å². The molecule has 2 aromatic rings. The van der Waals surface area contributed by atoms with E-state index in [9.17, 15) is 4.79 Å². The molecule has 2 atom stereocenters. The molecule has 1 aromatic carbocycles. The van der Waals surface area contributed by atoms with Gasteiger partial charge < -0.3 is 10.6 Å². The zero-order chi connectivity index (χ0) is 18.1. The summed E-state index contributed by atoms with van der Waals surface area (Å²) in [5.74, 6) is 0.0168. The molecule has 0 saturated carbocycles. The zero-order valence-electron chi connectivity index (χ0n) is 14.6. The Labute approximate surface area is 157 Å². The van der Waals surface area contributed by atoms with Crippen LogP contribution in [0.4, 0.5) is 5.13 Å². The number of rotatable bonds is 10. The fraction of sp³-hybridized carbons (Fsp3) is 0.389. The van der Waals surface area contributed by atoms with Gasteiger partial charge in [-0.3, -0.25) is 4.79 Å². The van der Waals surface area contributed by atoms with E-state index in [1.807, 2.05) is 25.1 Å². The van der Waals surface area contributed by atoms with Gasteiger partial charge in [0.2, 0.25) is 11.0 Å². The summed E-state index contributed by atoms with van der Waals surface area (Å²) in [5, 5.41) is 15.0. The fourth-order valence-corrected chi connectivity index (χ4v) is 4.19. The maximum atomic E-state index is 12.6. The molecule has 1 heterocycles. The molecule has 0 aliphatic rings. The van der Waals surface area contributed by atoms with Crippen LogP contribution >= 0.6 is 23.1 Å². The number of benzene rings is 1. The monoisotopic (exact) mass is 376 g/mol. The van der Waals surface area contributed by atoms with Crippen LogP contribution < -0.4 is 10.6 Å². The molecule has 2 rings (SSSR count). The van der Waals surface area contributed by atoms with Crippen molar-refractivity contribution in [1.29, 1.82) is 0 Å². The number of amides is 1. The molecular weight excluding hydrogens is 352 g/mol. The van der Waals surface area contributed by atoms with E-state index in [0.717, 1.165) is 27.9 Å². The first-order chi connectivity index (χ1) is 12.1. The van der Waals surface area contributed by atoms with Crippen LogP contribution in [0.2, 0.25) is 0 Å². The van der Waals surface area contributed by atoms with Gasteiger partial charge in [0, 0.05) is 6.54 Å². The van der Waals surface area contributed by atoms with E-state index in [0.29, 0.717) is 6.54 Å². The van der Waals surface area contributed by atoms with Crippen LogP contribution in [0.5, 0.6) is 0 Å².